The van der Waals surface area contributed by atoms with Crippen LogP contribution < -0.4 is 10.6 Å². The van der Waals surface area contributed by atoms with Crippen molar-refractivity contribution < 1.29 is 42.2 Å². The van der Waals surface area contributed by atoms with E-state index in [0.29, 0.717) is 32.3 Å². The van der Waals surface area contributed by atoms with E-state index in [1.807, 2.05) is 0 Å². The van der Waals surface area contributed by atoms with Crippen LogP contribution in [0, 0.1) is 16.7 Å². The summed E-state index contributed by atoms with van der Waals surface area (Å²) < 4.78 is 41.1. The van der Waals surface area contributed by atoms with Gasteiger partial charge in [0, 0.05) is 13.1 Å². The Morgan fingerprint density at radius 1 is 1.23 bits per heavy atom. The van der Waals surface area contributed by atoms with E-state index < -0.39 is 54.2 Å². The summed E-state index contributed by atoms with van der Waals surface area (Å²) in [5.74, 6) is -2.40. The third-order valence-electron chi connectivity index (χ3n) is 6.69. The molecule has 12 heteroatoms. The molecule has 9 nitrogen and oxygen atoms in total. The molecule has 1 spiro atoms. The Labute approximate surface area is 203 Å². The minimum absolute atomic E-state index is 0.0305. The largest absolute Gasteiger partial charge is 0.522 e. The molecule has 1 heterocycles. The van der Waals surface area contributed by atoms with Gasteiger partial charge in [-0.1, -0.05) is 27.7 Å². The minimum atomic E-state index is -5.00. The van der Waals surface area contributed by atoms with Crippen molar-refractivity contribution in [3.63, 3.8) is 0 Å². The average molecular weight is 508 g/mol. The smallest absolute Gasteiger partial charge is 0.383 e. The molecule has 0 bridgehead atoms. The number of nitrogens with zero attached hydrogens (tertiary/aromatic N) is 1. The number of halogens is 3. The van der Waals surface area contributed by atoms with Crippen LogP contribution in [0.2, 0.25) is 0 Å². The number of amides is 3. The SMILES string of the molecule is C[C@@H](CCNC=O)C[C@H](NC(=O)[C@@H]1CC2(CC2)CN1C(=O)[C@H](O)C(C)(C)C)C(=O)COC(F)(F)F. The van der Waals surface area contributed by atoms with E-state index in [-0.39, 0.29) is 17.8 Å². The van der Waals surface area contributed by atoms with Crippen molar-refractivity contribution in [1.29, 1.82) is 0 Å². The lowest BCUT2D eigenvalue weighted by molar-refractivity contribution is -0.321. The average Bonchev–Trinajstić information content (AvgIpc) is 3.39. The fourth-order valence-electron chi connectivity index (χ4n) is 4.29. The summed E-state index contributed by atoms with van der Waals surface area (Å²) in [5.41, 5.74) is -0.961. The third-order valence-corrected chi connectivity index (χ3v) is 6.69. The lowest BCUT2D eigenvalue weighted by atomic mass is 9.88. The summed E-state index contributed by atoms with van der Waals surface area (Å²) in [6.07, 6.45) is -3.34. The number of carbonyl (C=O) groups excluding carboxylic acids is 4. The van der Waals surface area contributed by atoms with E-state index in [0.717, 1.165) is 12.8 Å². The summed E-state index contributed by atoms with van der Waals surface area (Å²) in [5, 5.41) is 15.5. The van der Waals surface area contributed by atoms with Gasteiger partial charge in [0.15, 0.2) is 5.78 Å². The molecule has 1 saturated carbocycles. The van der Waals surface area contributed by atoms with Gasteiger partial charge in [0.1, 0.15) is 18.8 Å². The van der Waals surface area contributed by atoms with Crippen LogP contribution >= 0.6 is 0 Å². The summed E-state index contributed by atoms with van der Waals surface area (Å²) in [6.45, 7) is 6.19. The Morgan fingerprint density at radius 2 is 1.86 bits per heavy atom. The summed E-state index contributed by atoms with van der Waals surface area (Å²) in [7, 11) is 0. The normalized spacial score (nSPS) is 21.8. The van der Waals surface area contributed by atoms with Gasteiger partial charge in [0.25, 0.3) is 5.91 Å². The maximum Gasteiger partial charge on any atom is 0.522 e. The molecule has 1 aliphatic heterocycles. The number of rotatable bonds is 12. The second-order valence-electron chi connectivity index (χ2n) is 10.9. The number of aliphatic hydroxyl groups is 1. The summed E-state index contributed by atoms with van der Waals surface area (Å²) >= 11 is 0. The van der Waals surface area contributed by atoms with Crippen LogP contribution in [0.1, 0.15) is 59.8 Å². The molecule has 1 aliphatic carbocycles. The first-order chi connectivity index (χ1) is 16.1. The first-order valence-corrected chi connectivity index (χ1v) is 11.8. The van der Waals surface area contributed by atoms with E-state index in [1.165, 1.54) is 4.90 Å². The number of likely N-dealkylation sites (tertiary alicyclic amines) is 1. The molecular formula is C23H36F3N3O6. The molecule has 2 aliphatic rings. The Balaban J connectivity index is 2.16. The zero-order valence-electron chi connectivity index (χ0n) is 20.6. The van der Waals surface area contributed by atoms with Gasteiger partial charge in [0.2, 0.25) is 12.3 Å². The lowest BCUT2D eigenvalue weighted by Gasteiger charge is -2.32. The fraction of sp³-hybridized carbons (Fsp3) is 0.826. The van der Waals surface area contributed by atoms with Crippen LogP contribution in [0.4, 0.5) is 13.2 Å². The van der Waals surface area contributed by atoms with E-state index in [9.17, 15) is 37.5 Å². The van der Waals surface area contributed by atoms with Crippen LogP contribution in [0.3, 0.4) is 0 Å². The molecular weight excluding hydrogens is 471 g/mol. The number of aliphatic hydroxyl groups excluding tert-OH is 1. The minimum Gasteiger partial charge on any atom is -0.383 e. The van der Waals surface area contributed by atoms with Gasteiger partial charge < -0.3 is 20.6 Å². The summed E-state index contributed by atoms with van der Waals surface area (Å²) in [6, 6.07) is -2.20. The van der Waals surface area contributed by atoms with E-state index in [2.05, 4.69) is 15.4 Å². The van der Waals surface area contributed by atoms with E-state index in [4.69, 9.17) is 0 Å². The highest BCUT2D eigenvalue weighted by atomic mass is 19.4. The molecule has 4 atom stereocenters. The van der Waals surface area contributed by atoms with Crippen LogP contribution in [-0.4, -0.2) is 78.3 Å². The first kappa shape index (κ1) is 29.0. The number of carbonyl (C=O) groups is 4. The standard InChI is InChI=1S/C23H36F3N3O6/c1-14(5-8-27-13-30)9-15(17(31)11-35-23(24,25)26)28-19(33)16-10-22(6-7-22)12-29(16)20(34)18(32)21(2,3)4/h13-16,18,32H,5-12H2,1-4H3,(H,27,30)(H,28,33)/t14-,15-,16-,18-/m0/s1. The number of Topliss-reactive ketones (excluding diaryl/α,β-unsaturated/α-hetero) is 1. The number of ketones is 1. The predicted octanol–water partition coefficient (Wildman–Crippen LogP) is 1.53. The van der Waals surface area contributed by atoms with Crippen LogP contribution in [0.5, 0.6) is 0 Å². The second-order valence-corrected chi connectivity index (χ2v) is 10.9. The van der Waals surface area contributed by atoms with Crippen LogP contribution in [-0.2, 0) is 23.9 Å². The topological polar surface area (TPSA) is 125 Å². The number of hydrogen-bond donors (Lipinski definition) is 3. The van der Waals surface area contributed by atoms with Crippen LogP contribution in [0.15, 0.2) is 0 Å². The Bertz CT molecular complexity index is 794. The molecule has 0 aromatic carbocycles. The molecule has 3 N–H and O–H groups in total. The van der Waals surface area contributed by atoms with Gasteiger partial charge in [-0.2, -0.15) is 0 Å². The molecule has 2 rings (SSSR count). The van der Waals surface area contributed by atoms with Crippen molar-refractivity contribution in [2.24, 2.45) is 16.7 Å². The van der Waals surface area contributed by atoms with Gasteiger partial charge >= 0.3 is 6.36 Å². The Kier molecular flexibility index (Phi) is 9.32. The van der Waals surface area contributed by atoms with Crippen molar-refractivity contribution in [2.75, 3.05) is 19.7 Å². The van der Waals surface area contributed by atoms with Gasteiger partial charge in [0.05, 0.1) is 6.04 Å². The fourth-order valence-corrected chi connectivity index (χ4v) is 4.29. The van der Waals surface area contributed by atoms with Gasteiger partial charge in [-0.05, 0) is 48.9 Å². The number of ether oxygens (including phenoxy) is 1. The first-order valence-electron chi connectivity index (χ1n) is 11.8. The highest BCUT2D eigenvalue weighted by Gasteiger charge is 2.56. The van der Waals surface area contributed by atoms with Crippen molar-refractivity contribution in [2.45, 2.75) is 84.3 Å². The second kappa shape index (κ2) is 11.2. The number of nitrogens with one attached hydrogen (secondary N) is 2. The zero-order valence-corrected chi connectivity index (χ0v) is 20.6. The molecule has 0 unspecified atom stereocenters. The molecule has 2 fully saturated rings. The molecule has 3 amide bonds. The maximum absolute atomic E-state index is 13.2. The predicted molar refractivity (Wildman–Crippen MR) is 119 cm³/mol. The Morgan fingerprint density at radius 3 is 2.37 bits per heavy atom. The monoisotopic (exact) mass is 507 g/mol. The number of hydrogen-bond acceptors (Lipinski definition) is 6. The van der Waals surface area contributed by atoms with Gasteiger partial charge in [-0.3, -0.25) is 23.9 Å². The Hall–Kier alpha value is -2.21. The van der Waals surface area contributed by atoms with Crippen molar-refractivity contribution >= 4 is 24.0 Å². The molecule has 0 aromatic rings. The van der Waals surface area contributed by atoms with Crippen molar-refractivity contribution in [3.8, 4) is 0 Å². The van der Waals surface area contributed by atoms with E-state index >= 15 is 0 Å². The van der Waals surface area contributed by atoms with Crippen LogP contribution in [0.25, 0.3) is 0 Å². The zero-order chi connectivity index (χ0) is 26.6. The molecule has 0 aromatic heterocycles. The maximum atomic E-state index is 13.2. The lowest BCUT2D eigenvalue weighted by Crippen LogP contribution is -2.54. The number of alkyl halides is 3. The molecule has 0 radical (unpaired) electrons. The highest BCUT2D eigenvalue weighted by molar-refractivity contribution is 5.94. The van der Waals surface area contributed by atoms with Gasteiger partial charge in [-0.15, -0.1) is 13.2 Å². The molecule has 35 heavy (non-hydrogen) atoms. The summed E-state index contributed by atoms with van der Waals surface area (Å²) in [4.78, 5) is 50.6. The molecule has 1 saturated heterocycles. The molecule has 200 valence electrons. The third kappa shape index (κ3) is 8.45. The quantitative estimate of drug-likeness (QED) is 0.272. The van der Waals surface area contributed by atoms with Gasteiger partial charge in [-0.25, -0.2) is 0 Å². The van der Waals surface area contributed by atoms with Crippen molar-refractivity contribution in [1.82, 2.24) is 15.5 Å². The van der Waals surface area contributed by atoms with E-state index in [1.54, 1.807) is 27.7 Å². The highest BCUT2D eigenvalue weighted by Crippen LogP contribution is 2.55. The van der Waals surface area contributed by atoms with Crippen molar-refractivity contribution in [3.05, 3.63) is 0 Å².